The molecule has 0 aromatic carbocycles. The molecule has 1 aliphatic heterocycles. The van der Waals surface area contributed by atoms with Gasteiger partial charge in [-0.25, -0.2) is 15.0 Å². The highest BCUT2D eigenvalue weighted by Crippen LogP contribution is 2.43. The van der Waals surface area contributed by atoms with E-state index in [-0.39, 0.29) is 12.3 Å². The van der Waals surface area contributed by atoms with Crippen LogP contribution in [0, 0.1) is 6.92 Å². The fourth-order valence-corrected chi connectivity index (χ4v) is 4.47. The second kappa shape index (κ2) is 9.54. The lowest BCUT2D eigenvalue weighted by molar-refractivity contribution is -0.137. The molecule has 4 rings (SSSR count). The Morgan fingerprint density at radius 1 is 1.20 bits per heavy atom. The van der Waals surface area contributed by atoms with Gasteiger partial charge >= 0.3 is 5.97 Å². The third-order valence-electron chi connectivity index (χ3n) is 6.33. The molecule has 6 heteroatoms. The quantitative estimate of drug-likeness (QED) is 0.520. The lowest BCUT2D eigenvalue weighted by Crippen LogP contribution is -2.08. The molecule has 0 radical (unpaired) electrons. The number of carbonyl (C=O) groups is 1. The Kier molecular flexibility index (Phi) is 6.60. The van der Waals surface area contributed by atoms with Crippen molar-refractivity contribution in [1.29, 1.82) is 0 Å². The summed E-state index contributed by atoms with van der Waals surface area (Å²) in [6.45, 7) is 2.86. The normalized spacial score (nSPS) is 16.2. The van der Waals surface area contributed by atoms with Gasteiger partial charge in [-0.3, -0.25) is 4.79 Å². The second-order valence-electron chi connectivity index (χ2n) is 8.79. The summed E-state index contributed by atoms with van der Waals surface area (Å²) in [7, 11) is 0. The smallest absolute Gasteiger partial charge is 0.303 e. The molecule has 0 spiro atoms. The van der Waals surface area contributed by atoms with Crippen LogP contribution in [0.15, 0.2) is 18.5 Å². The number of fused-ring (bicyclic) bond motifs is 1. The van der Waals surface area contributed by atoms with Crippen molar-refractivity contribution in [2.75, 3.05) is 11.9 Å². The Labute approximate surface area is 178 Å². The maximum atomic E-state index is 11.3. The number of carboxylic acids is 1. The standard InChI is InChI=1S/C24H32N4O2/c1-16-26-14-20(15-27-16)18(13-23(29)30)6-4-2-3-5-7-22-21(17-8-9-17)12-19-10-11-25-24(19)28-22/h12,14-15,17-18H,2-11,13H2,1H3,(H,25,28)(H,29,30)/t18-/m0/s1. The van der Waals surface area contributed by atoms with E-state index in [0.29, 0.717) is 5.82 Å². The fraction of sp³-hybridized carbons (Fsp3) is 0.583. The molecule has 2 aromatic rings. The maximum absolute atomic E-state index is 11.3. The summed E-state index contributed by atoms with van der Waals surface area (Å²) in [6.07, 6.45) is 13.8. The number of unbranched alkanes of at least 4 members (excludes halogenated alkanes) is 3. The first-order valence-corrected chi connectivity index (χ1v) is 11.4. The molecular weight excluding hydrogens is 376 g/mol. The van der Waals surface area contributed by atoms with E-state index in [0.717, 1.165) is 68.8 Å². The zero-order chi connectivity index (χ0) is 20.9. The van der Waals surface area contributed by atoms with Crippen molar-refractivity contribution < 1.29 is 9.90 Å². The largest absolute Gasteiger partial charge is 0.481 e. The molecule has 30 heavy (non-hydrogen) atoms. The molecule has 1 atom stereocenters. The predicted molar refractivity (Wildman–Crippen MR) is 117 cm³/mol. The summed E-state index contributed by atoms with van der Waals surface area (Å²) in [5.74, 6) is 1.80. The molecule has 2 aromatic heterocycles. The van der Waals surface area contributed by atoms with Crippen LogP contribution in [0.25, 0.3) is 0 Å². The van der Waals surface area contributed by atoms with Gasteiger partial charge in [0.1, 0.15) is 11.6 Å². The number of pyridine rings is 1. The van der Waals surface area contributed by atoms with Crippen molar-refractivity contribution in [3.8, 4) is 0 Å². The molecule has 0 unspecified atom stereocenters. The summed E-state index contributed by atoms with van der Waals surface area (Å²) >= 11 is 0. The first kappa shape index (κ1) is 20.8. The molecule has 6 nitrogen and oxygen atoms in total. The molecule has 0 bridgehead atoms. The number of aliphatic carboxylic acids is 1. The van der Waals surface area contributed by atoms with Gasteiger partial charge in [-0.05, 0) is 80.0 Å². The molecule has 160 valence electrons. The molecule has 1 aliphatic carbocycles. The van der Waals surface area contributed by atoms with Crippen LogP contribution in [-0.2, 0) is 17.6 Å². The molecule has 1 fully saturated rings. The predicted octanol–water partition coefficient (Wildman–Crippen LogP) is 4.78. The van der Waals surface area contributed by atoms with Crippen LogP contribution >= 0.6 is 0 Å². The monoisotopic (exact) mass is 408 g/mol. The van der Waals surface area contributed by atoms with E-state index in [4.69, 9.17) is 4.98 Å². The van der Waals surface area contributed by atoms with Gasteiger partial charge in [0.05, 0.1) is 6.42 Å². The van der Waals surface area contributed by atoms with Crippen LogP contribution in [0.3, 0.4) is 0 Å². The van der Waals surface area contributed by atoms with E-state index in [1.807, 2.05) is 6.92 Å². The third kappa shape index (κ3) is 5.35. The van der Waals surface area contributed by atoms with Gasteiger partial charge in [-0.2, -0.15) is 0 Å². The number of hydrogen-bond donors (Lipinski definition) is 2. The number of anilines is 1. The van der Waals surface area contributed by atoms with Crippen molar-refractivity contribution in [2.45, 2.75) is 83.0 Å². The van der Waals surface area contributed by atoms with E-state index in [1.165, 1.54) is 29.7 Å². The Bertz CT molecular complexity index is 878. The first-order chi connectivity index (χ1) is 14.6. The van der Waals surface area contributed by atoms with Crippen LogP contribution in [0.5, 0.6) is 0 Å². The number of nitrogens with zero attached hydrogens (tertiary/aromatic N) is 3. The average molecular weight is 409 g/mol. The van der Waals surface area contributed by atoms with E-state index < -0.39 is 5.97 Å². The van der Waals surface area contributed by atoms with Crippen molar-refractivity contribution in [3.05, 3.63) is 46.7 Å². The third-order valence-corrected chi connectivity index (χ3v) is 6.33. The lowest BCUT2D eigenvalue weighted by atomic mass is 9.92. The summed E-state index contributed by atoms with van der Waals surface area (Å²) < 4.78 is 0. The van der Waals surface area contributed by atoms with Crippen LogP contribution in [0.2, 0.25) is 0 Å². The van der Waals surface area contributed by atoms with Gasteiger partial charge in [0.15, 0.2) is 0 Å². The Hall–Kier alpha value is -2.50. The number of carboxylic acid groups (broad SMARTS) is 1. The maximum Gasteiger partial charge on any atom is 0.303 e. The molecular formula is C24H32N4O2. The highest BCUT2D eigenvalue weighted by atomic mass is 16.4. The van der Waals surface area contributed by atoms with Gasteiger partial charge in [0.25, 0.3) is 0 Å². The minimum Gasteiger partial charge on any atom is -0.481 e. The Balaban J connectivity index is 1.25. The SMILES string of the molecule is Cc1ncc([C@@H](CCCCCCc2nc3c(cc2C2CC2)CCN3)CC(=O)O)cn1. The highest BCUT2D eigenvalue weighted by Gasteiger charge is 2.28. The average Bonchev–Trinajstić information content (AvgIpc) is 3.47. The fourth-order valence-electron chi connectivity index (χ4n) is 4.47. The molecule has 2 aliphatic rings. The number of hydrogen-bond acceptors (Lipinski definition) is 5. The molecule has 0 saturated heterocycles. The van der Waals surface area contributed by atoms with Crippen LogP contribution < -0.4 is 5.32 Å². The van der Waals surface area contributed by atoms with E-state index in [2.05, 4.69) is 21.4 Å². The van der Waals surface area contributed by atoms with E-state index >= 15 is 0 Å². The number of aryl methyl sites for hydroxylation is 2. The zero-order valence-electron chi connectivity index (χ0n) is 17.9. The van der Waals surface area contributed by atoms with Gasteiger partial charge in [0.2, 0.25) is 0 Å². The second-order valence-corrected chi connectivity index (χ2v) is 8.79. The summed E-state index contributed by atoms with van der Waals surface area (Å²) in [5, 5.41) is 12.7. The zero-order valence-corrected chi connectivity index (χ0v) is 17.9. The van der Waals surface area contributed by atoms with Crippen molar-refractivity contribution in [3.63, 3.8) is 0 Å². The minimum atomic E-state index is -0.760. The molecule has 0 amide bonds. The van der Waals surface area contributed by atoms with Gasteiger partial charge < -0.3 is 10.4 Å². The number of aromatic nitrogens is 3. The van der Waals surface area contributed by atoms with Crippen LogP contribution in [0.4, 0.5) is 5.82 Å². The Morgan fingerprint density at radius 3 is 2.70 bits per heavy atom. The van der Waals surface area contributed by atoms with E-state index in [1.54, 1.807) is 12.4 Å². The topological polar surface area (TPSA) is 88.0 Å². The minimum absolute atomic E-state index is 0.00554. The van der Waals surface area contributed by atoms with Gasteiger partial charge in [0, 0.05) is 24.6 Å². The molecule has 3 heterocycles. The van der Waals surface area contributed by atoms with E-state index in [9.17, 15) is 9.90 Å². The summed E-state index contributed by atoms with van der Waals surface area (Å²) in [4.78, 5) is 24.7. The Morgan fingerprint density at radius 2 is 1.97 bits per heavy atom. The summed E-state index contributed by atoms with van der Waals surface area (Å²) in [6, 6.07) is 2.41. The van der Waals surface area contributed by atoms with Gasteiger partial charge in [-0.15, -0.1) is 0 Å². The number of rotatable bonds is 11. The van der Waals surface area contributed by atoms with Crippen molar-refractivity contribution in [1.82, 2.24) is 15.0 Å². The van der Waals surface area contributed by atoms with Crippen LogP contribution in [0.1, 0.15) is 91.4 Å². The highest BCUT2D eigenvalue weighted by molar-refractivity contribution is 5.68. The molecule has 2 N–H and O–H groups in total. The first-order valence-electron chi connectivity index (χ1n) is 11.4. The van der Waals surface area contributed by atoms with Crippen molar-refractivity contribution >= 4 is 11.8 Å². The van der Waals surface area contributed by atoms with Gasteiger partial charge in [-0.1, -0.05) is 19.3 Å². The van der Waals surface area contributed by atoms with Crippen molar-refractivity contribution in [2.24, 2.45) is 0 Å². The van der Waals surface area contributed by atoms with Crippen LogP contribution in [-0.4, -0.2) is 32.6 Å². The molecule has 1 saturated carbocycles. The lowest BCUT2D eigenvalue weighted by Gasteiger charge is -2.15. The number of nitrogens with one attached hydrogen (secondary N) is 1. The summed E-state index contributed by atoms with van der Waals surface area (Å²) in [5.41, 5.74) is 5.13.